The molecule has 0 unspecified atom stereocenters. The summed E-state index contributed by atoms with van der Waals surface area (Å²) in [7, 11) is 0. The van der Waals surface area contributed by atoms with Gasteiger partial charge in [-0.25, -0.2) is 0 Å². The highest BCUT2D eigenvalue weighted by atomic mass is 16.3. The molecule has 0 amide bonds. The van der Waals surface area contributed by atoms with Crippen LogP contribution in [0, 0.1) is 17.8 Å². The van der Waals surface area contributed by atoms with Gasteiger partial charge in [-0.1, -0.05) is 85.1 Å². The first-order valence-corrected chi connectivity index (χ1v) is 9.12. The van der Waals surface area contributed by atoms with Gasteiger partial charge in [-0.3, -0.25) is 0 Å². The molecule has 0 aromatic rings. The summed E-state index contributed by atoms with van der Waals surface area (Å²) in [5, 5.41) is 9.89. The molecular formula is C20H40O. The van der Waals surface area contributed by atoms with Crippen LogP contribution in [0.15, 0.2) is 12.7 Å². The molecule has 3 atom stereocenters. The molecule has 0 saturated heterocycles. The Morgan fingerprint density at radius 2 is 1.29 bits per heavy atom. The van der Waals surface area contributed by atoms with Crippen LogP contribution < -0.4 is 0 Å². The first-order chi connectivity index (χ1) is 9.76. The van der Waals surface area contributed by atoms with Crippen LogP contribution in [0.2, 0.25) is 0 Å². The van der Waals surface area contributed by atoms with Gasteiger partial charge in [-0.15, -0.1) is 6.58 Å². The van der Waals surface area contributed by atoms with E-state index in [4.69, 9.17) is 0 Å². The summed E-state index contributed by atoms with van der Waals surface area (Å²) in [4.78, 5) is 0. The summed E-state index contributed by atoms with van der Waals surface area (Å²) in [5.74, 6) is 2.52. The molecule has 21 heavy (non-hydrogen) atoms. The lowest BCUT2D eigenvalue weighted by Gasteiger charge is -2.20. The predicted molar refractivity (Wildman–Crippen MR) is 95.5 cm³/mol. The molecule has 0 aromatic heterocycles. The first-order valence-electron chi connectivity index (χ1n) is 9.12. The highest BCUT2D eigenvalue weighted by Crippen LogP contribution is 2.23. The number of hydrogen-bond donors (Lipinski definition) is 1. The molecule has 1 N–H and O–H groups in total. The number of rotatable bonds is 13. The Morgan fingerprint density at radius 1 is 0.857 bits per heavy atom. The molecule has 0 fully saturated rings. The maximum atomic E-state index is 9.89. The third-order valence-electron chi connectivity index (χ3n) is 4.69. The summed E-state index contributed by atoms with van der Waals surface area (Å²) >= 11 is 0. The maximum absolute atomic E-state index is 9.89. The topological polar surface area (TPSA) is 20.2 Å². The fourth-order valence-corrected chi connectivity index (χ4v) is 2.89. The Labute approximate surface area is 134 Å². The third-order valence-corrected chi connectivity index (χ3v) is 4.69. The van der Waals surface area contributed by atoms with Gasteiger partial charge in [0.1, 0.15) is 0 Å². The summed E-state index contributed by atoms with van der Waals surface area (Å²) in [6.07, 6.45) is 13.1. The van der Waals surface area contributed by atoms with Crippen molar-refractivity contribution >= 4 is 0 Å². The van der Waals surface area contributed by atoms with Crippen LogP contribution in [0.25, 0.3) is 0 Å². The van der Waals surface area contributed by atoms with Gasteiger partial charge in [-0.2, -0.15) is 0 Å². The summed E-state index contributed by atoms with van der Waals surface area (Å²) in [5.41, 5.74) is -0.676. The minimum Gasteiger partial charge on any atom is -0.386 e. The molecule has 0 heterocycles. The quantitative estimate of drug-likeness (QED) is 0.392. The van der Waals surface area contributed by atoms with Crippen LogP contribution in [0.1, 0.15) is 92.4 Å². The predicted octanol–water partition coefficient (Wildman–Crippen LogP) is 6.36. The second-order valence-electron chi connectivity index (χ2n) is 7.92. The zero-order valence-corrected chi connectivity index (χ0v) is 15.3. The van der Waals surface area contributed by atoms with Gasteiger partial charge in [0.05, 0.1) is 5.60 Å². The van der Waals surface area contributed by atoms with Crippen molar-refractivity contribution in [3.63, 3.8) is 0 Å². The summed E-state index contributed by atoms with van der Waals surface area (Å²) in [6.45, 7) is 14.9. The molecule has 126 valence electrons. The minimum atomic E-state index is -0.676. The number of aliphatic hydroxyl groups is 1. The van der Waals surface area contributed by atoms with Crippen molar-refractivity contribution in [2.75, 3.05) is 0 Å². The standard InChI is InChI=1S/C20H40O/c1-7-20(6,21)16-10-15-19(5)14-9-13-18(4)12-8-11-17(2)3/h7,17-19,21H,1,8-16H2,2-6H3/t18-,19+,20+/m0/s1. The van der Waals surface area contributed by atoms with E-state index in [2.05, 4.69) is 34.3 Å². The van der Waals surface area contributed by atoms with Crippen molar-refractivity contribution in [2.24, 2.45) is 17.8 Å². The highest BCUT2D eigenvalue weighted by molar-refractivity contribution is 4.91. The van der Waals surface area contributed by atoms with E-state index in [1.54, 1.807) is 6.08 Å². The van der Waals surface area contributed by atoms with E-state index >= 15 is 0 Å². The van der Waals surface area contributed by atoms with Gasteiger partial charge < -0.3 is 5.11 Å². The Bertz CT molecular complexity index is 255. The lowest BCUT2D eigenvalue weighted by molar-refractivity contribution is 0.0974. The highest BCUT2D eigenvalue weighted by Gasteiger charge is 2.15. The van der Waals surface area contributed by atoms with Gasteiger partial charge in [0.25, 0.3) is 0 Å². The SMILES string of the molecule is C=C[C@@](C)(O)CCC[C@H](C)CCC[C@@H](C)CCCC(C)C. The molecule has 0 radical (unpaired) electrons. The molecule has 0 rings (SSSR count). The largest absolute Gasteiger partial charge is 0.386 e. The molecule has 0 aliphatic heterocycles. The van der Waals surface area contributed by atoms with Crippen molar-refractivity contribution in [1.82, 2.24) is 0 Å². The Balaban J connectivity index is 3.56. The fraction of sp³-hybridized carbons (Fsp3) is 0.900. The van der Waals surface area contributed by atoms with Crippen LogP contribution in [0.5, 0.6) is 0 Å². The molecule has 0 saturated carbocycles. The van der Waals surface area contributed by atoms with Crippen molar-refractivity contribution in [3.05, 3.63) is 12.7 Å². The molecule has 0 bridgehead atoms. The molecule has 0 aliphatic carbocycles. The van der Waals surface area contributed by atoms with Gasteiger partial charge in [-0.05, 0) is 31.1 Å². The van der Waals surface area contributed by atoms with Crippen LogP contribution >= 0.6 is 0 Å². The van der Waals surface area contributed by atoms with E-state index in [1.807, 2.05) is 6.92 Å². The van der Waals surface area contributed by atoms with E-state index in [9.17, 15) is 5.11 Å². The Hall–Kier alpha value is -0.300. The van der Waals surface area contributed by atoms with Gasteiger partial charge in [0.2, 0.25) is 0 Å². The van der Waals surface area contributed by atoms with Crippen molar-refractivity contribution in [3.8, 4) is 0 Å². The Morgan fingerprint density at radius 3 is 1.71 bits per heavy atom. The molecule has 0 spiro atoms. The normalized spacial score (nSPS) is 17.5. The average molecular weight is 297 g/mol. The summed E-state index contributed by atoms with van der Waals surface area (Å²) < 4.78 is 0. The van der Waals surface area contributed by atoms with E-state index in [0.29, 0.717) is 0 Å². The van der Waals surface area contributed by atoms with Gasteiger partial charge >= 0.3 is 0 Å². The fourth-order valence-electron chi connectivity index (χ4n) is 2.89. The first kappa shape index (κ1) is 20.7. The molecular weight excluding hydrogens is 256 g/mol. The lowest BCUT2D eigenvalue weighted by Crippen LogP contribution is -2.20. The van der Waals surface area contributed by atoms with E-state index < -0.39 is 5.60 Å². The van der Waals surface area contributed by atoms with Crippen molar-refractivity contribution in [1.29, 1.82) is 0 Å². The molecule has 1 nitrogen and oxygen atoms in total. The summed E-state index contributed by atoms with van der Waals surface area (Å²) in [6, 6.07) is 0. The second-order valence-corrected chi connectivity index (χ2v) is 7.92. The van der Waals surface area contributed by atoms with Crippen LogP contribution in [-0.4, -0.2) is 10.7 Å². The lowest BCUT2D eigenvalue weighted by atomic mass is 9.90. The molecule has 1 heteroatoms. The van der Waals surface area contributed by atoms with Gasteiger partial charge in [0.15, 0.2) is 0 Å². The molecule has 0 aromatic carbocycles. The van der Waals surface area contributed by atoms with Crippen LogP contribution in [-0.2, 0) is 0 Å². The van der Waals surface area contributed by atoms with Crippen molar-refractivity contribution < 1.29 is 5.11 Å². The van der Waals surface area contributed by atoms with Crippen molar-refractivity contribution in [2.45, 2.75) is 98.0 Å². The smallest absolute Gasteiger partial charge is 0.0797 e. The van der Waals surface area contributed by atoms with E-state index in [1.165, 1.54) is 44.9 Å². The third kappa shape index (κ3) is 13.1. The zero-order chi connectivity index (χ0) is 16.3. The van der Waals surface area contributed by atoms with E-state index in [0.717, 1.165) is 30.6 Å². The molecule has 0 aliphatic rings. The van der Waals surface area contributed by atoms with Crippen LogP contribution in [0.4, 0.5) is 0 Å². The zero-order valence-electron chi connectivity index (χ0n) is 15.3. The Kier molecular flexibility index (Phi) is 11.1. The minimum absolute atomic E-state index is 0.676. The van der Waals surface area contributed by atoms with E-state index in [-0.39, 0.29) is 0 Å². The van der Waals surface area contributed by atoms with Crippen LogP contribution in [0.3, 0.4) is 0 Å². The average Bonchev–Trinajstić information content (AvgIpc) is 2.38. The van der Waals surface area contributed by atoms with Gasteiger partial charge in [0, 0.05) is 0 Å². The maximum Gasteiger partial charge on any atom is 0.0797 e. The number of hydrogen-bond acceptors (Lipinski definition) is 1. The monoisotopic (exact) mass is 296 g/mol. The second kappa shape index (κ2) is 11.3.